The Bertz CT molecular complexity index is 506. The normalized spacial score (nSPS) is 10.4. The van der Waals surface area contributed by atoms with Crippen LogP contribution in [0.25, 0.3) is 0 Å². The van der Waals surface area contributed by atoms with Gasteiger partial charge in [0.2, 0.25) is 0 Å². The summed E-state index contributed by atoms with van der Waals surface area (Å²) in [5.41, 5.74) is 2.25. The molecule has 17 heavy (non-hydrogen) atoms. The molecule has 0 atom stereocenters. The van der Waals surface area contributed by atoms with E-state index in [1.807, 2.05) is 18.2 Å². The molecule has 0 heterocycles. The smallest absolute Gasteiger partial charge is 0.115 e. The Balaban J connectivity index is 2.07. The summed E-state index contributed by atoms with van der Waals surface area (Å²) in [5.74, 6) is 0.571. The predicted molar refractivity (Wildman–Crippen MR) is 71.3 cm³/mol. The van der Waals surface area contributed by atoms with Crippen molar-refractivity contribution in [2.75, 3.05) is 0 Å². The number of hydrogen-bond acceptors (Lipinski definition) is 2. The van der Waals surface area contributed by atoms with Crippen LogP contribution in [0.3, 0.4) is 0 Å². The molecule has 0 fully saturated rings. The van der Waals surface area contributed by atoms with E-state index in [2.05, 4.69) is 15.9 Å². The van der Waals surface area contributed by atoms with Crippen molar-refractivity contribution >= 4 is 15.9 Å². The number of benzene rings is 2. The molecule has 0 radical (unpaired) electrons. The van der Waals surface area contributed by atoms with Crippen molar-refractivity contribution < 1.29 is 10.2 Å². The second-order valence-corrected chi connectivity index (χ2v) is 4.80. The number of aromatic hydroxyl groups is 2. The van der Waals surface area contributed by atoms with Crippen LogP contribution < -0.4 is 0 Å². The lowest BCUT2D eigenvalue weighted by molar-refractivity contribution is 0.474. The van der Waals surface area contributed by atoms with Crippen molar-refractivity contribution in [1.29, 1.82) is 0 Å². The van der Waals surface area contributed by atoms with Gasteiger partial charge in [0.15, 0.2) is 0 Å². The first kappa shape index (κ1) is 12.0. The van der Waals surface area contributed by atoms with Crippen LogP contribution in [-0.2, 0) is 12.8 Å². The number of rotatable bonds is 3. The second kappa shape index (κ2) is 5.23. The summed E-state index contributed by atoms with van der Waals surface area (Å²) < 4.78 is 1.01. The minimum Gasteiger partial charge on any atom is -0.508 e. The number of phenolic OH excluding ortho intramolecular Hbond substituents is 2. The summed E-state index contributed by atoms with van der Waals surface area (Å²) in [6.45, 7) is 0. The summed E-state index contributed by atoms with van der Waals surface area (Å²) in [6.07, 6.45) is 1.72. The van der Waals surface area contributed by atoms with Gasteiger partial charge in [-0.25, -0.2) is 0 Å². The SMILES string of the molecule is Oc1ccc(CCc2cc(O)ccc2Br)cc1. The van der Waals surface area contributed by atoms with Gasteiger partial charge in [-0.05, 0) is 54.3 Å². The van der Waals surface area contributed by atoms with Gasteiger partial charge in [-0.2, -0.15) is 0 Å². The average molecular weight is 293 g/mol. The first-order valence-electron chi connectivity index (χ1n) is 5.40. The quantitative estimate of drug-likeness (QED) is 0.907. The lowest BCUT2D eigenvalue weighted by Crippen LogP contribution is -1.92. The van der Waals surface area contributed by atoms with E-state index in [0.717, 1.165) is 28.4 Å². The van der Waals surface area contributed by atoms with Gasteiger partial charge in [0, 0.05) is 4.47 Å². The zero-order chi connectivity index (χ0) is 12.3. The van der Waals surface area contributed by atoms with Crippen LogP contribution in [-0.4, -0.2) is 10.2 Å². The number of halogens is 1. The first-order valence-corrected chi connectivity index (χ1v) is 6.20. The van der Waals surface area contributed by atoms with Gasteiger partial charge in [-0.1, -0.05) is 28.1 Å². The predicted octanol–water partition coefficient (Wildman–Crippen LogP) is 3.65. The highest BCUT2D eigenvalue weighted by Gasteiger charge is 2.02. The molecular weight excluding hydrogens is 280 g/mol. The monoisotopic (exact) mass is 292 g/mol. The molecule has 0 aliphatic rings. The molecule has 0 aliphatic carbocycles. The van der Waals surface area contributed by atoms with Crippen molar-refractivity contribution in [2.24, 2.45) is 0 Å². The Morgan fingerprint density at radius 3 is 2.18 bits per heavy atom. The topological polar surface area (TPSA) is 40.5 Å². The first-order chi connectivity index (χ1) is 8.15. The molecule has 0 unspecified atom stereocenters. The number of aryl methyl sites for hydroxylation is 2. The van der Waals surface area contributed by atoms with Crippen LogP contribution in [0.4, 0.5) is 0 Å². The van der Waals surface area contributed by atoms with Gasteiger partial charge >= 0.3 is 0 Å². The summed E-state index contributed by atoms with van der Waals surface area (Å²) >= 11 is 3.46. The van der Waals surface area contributed by atoms with Gasteiger partial charge < -0.3 is 10.2 Å². The third-order valence-corrected chi connectivity index (χ3v) is 3.42. The number of phenols is 2. The van der Waals surface area contributed by atoms with E-state index >= 15 is 0 Å². The summed E-state index contributed by atoms with van der Waals surface area (Å²) in [7, 11) is 0. The van der Waals surface area contributed by atoms with E-state index in [0.29, 0.717) is 0 Å². The van der Waals surface area contributed by atoms with Crippen molar-refractivity contribution in [1.82, 2.24) is 0 Å². The van der Waals surface area contributed by atoms with Crippen LogP contribution in [0.2, 0.25) is 0 Å². The minimum atomic E-state index is 0.285. The summed E-state index contributed by atoms with van der Waals surface area (Å²) in [5, 5.41) is 18.6. The molecule has 3 heteroatoms. The molecule has 2 N–H and O–H groups in total. The van der Waals surface area contributed by atoms with Gasteiger partial charge in [0.05, 0.1) is 0 Å². The molecular formula is C14H13BrO2. The Kier molecular flexibility index (Phi) is 3.69. The molecule has 0 aromatic heterocycles. The van der Waals surface area contributed by atoms with E-state index in [-0.39, 0.29) is 11.5 Å². The molecule has 0 aliphatic heterocycles. The van der Waals surface area contributed by atoms with E-state index in [1.165, 1.54) is 0 Å². The summed E-state index contributed by atoms with van der Waals surface area (Å²) in [4.78, 5) is 0. The van der Waals surface area contributed by atoms with Crippen molar-refractivity contribution in [3.05, 3.63) is 58.1 Å². The highest BCUT2D eigenvalue weighted by molar-refractivity contribution is 9.10. The van der Waals surface area contributed by atoms with Crippen LogP contribution in [0.15, 0.2) is 46.9 Å². The Hall–Kier alpha value is -1.48. The van der Waals surface area contributed by atoms with Gasteiger partial charge in [-0.15, -0.1) is 0 Å². The molecule has 0 amide bonds. The van der Waals surface area contributed by atoms with Crippen molar-refractivity contribution in [3.8, 4) is 11.5 Å². The standard InChI is InChI=1S/C14H13BrO2/c15-14-8-7-13(17)9-11(14)4-1-10-2-5-12(16)6-3-10/h2-3,5-9,16-17H,1,4H2. The second-order valence-electron chi connectivity index (χ2n) is 3.94. The largest absolute Gasteiger partial charge is 0.508 e. The van der Waals surface area contributed by atoms with E-state index in [1.54, 1.807) is 24.3 Å². The van der Waals surface area contributed by atoms with Gasteiger partial charge in [0.1, 0.15) is 11.5 Å². The molecule has 2 rings (SSSR count). The highest BCUT2D eigenvalue weighted by atomic mass is 79.9. The van der Waals surface area contributed by atoms with Crippen LogP contribution in [0, 0.1) is 0 Å². The summed E-state index contributed by atoms with van der Waals surface area (Å²) in [6, 6.07) is 12.5. The van der Waals surface area contributed by atoms with E-state index in [4.69, 9.17) is 0 Å². The van der Waals surface area contributed by atoms with Crippen LogP contribution in [0.5, 0.6) is 11.5 Å². The number of hydrogen-bond donors (Lipinski definition) is 2. The Labute approximate surface area is 109 Å². The maximum absolute atomic E-state index is 9.42. The minimum absolute atomic E-state index is 0.285. The Morgan fingerprint density at radius 2 is 1.47 bits per heavy atom. The van der Waals surface area contributed by atoms with Crippen LogP contribution in [0.1, 0.15) is 11.1 Å². The van der Waals surface area contributed by atoms with E-state index in [9.17, 15) is 10.2 Å². The van der Waals surface area contributed by atoms with Crippen molar-refractivity contribution in [2.45, 2.75) is 12.8 Å². The van der Waals surface area contributed by atoms with Crippen LogP contribution >= 0.6 is 15.9 Å². The zero-order valence-electron chi connectivity index (χ0n) is 9.23. The van der Waals surface area contributed by atoms with Gasteiger partial charge in [0.25, 0.3) is 0 Å². The zero-order valence-corrected chi connectivity index (χ0v) is 10.8. The molecule has 0 bridgehead atoms. The fourth-order valence-electron chi connectivity index (χ4n) is 1.69. The maximum Gasteiger partial charge on any atom is 0.115 e. The molecule has 2 nitrogen and oxygen atoms in total. The third kappa shape index (κ3) is 3.24. The lowest BCUT2D eigenvalue weighted by Gasteiger charge is -2.05. The third-order valence-electron chi connectivity index (χ3n) is 2.65. The van der Waals surface area contributed by atoms with Gasteiger partial charge in [-0.3, -0.25) is 0 Å². The molecule has 2 aromatic rings. The molecule has 88 valence electrons. The fraction of sp³-hybridized carbons (Fsp3) is 0.143. The molecule has 0 saturated carbocycles. The fourth-order valence-corrected chi connectivity index (χ4v) is 2.14. The lowest BCUT2D eigenvalue weighted by atomic mass is 10.0. The van der Waals surface area contributed by atoms with Crippen molar-refractivity contribution in [3.63, 3.8) is 0 Å². The maximum atomic E-state index is 9.42. The van der Waals surface area contributed by atoms with E-state index < -0.39 is 0 Å². The molecule has 2 aromatic carbocycles. The highest BCUT2D eigenvalue weighted by Crippen LogP contribution is 2.23. The Morgan fingerprint density at radius 1 is 0.824 bits per heavy atom. The molecule has 0 saturated heterocycles. The average Bonchev–Trinajstić information content (AvgIpc) is 2.32. The molecule has 0 spiro atoms.